The topological polar surface area (TPSA) is 97.6 Å². The molecule has 2 atom stereocenters. The standard InChI is InChI=1S/C19H27N5O3/c1-5-15(25)14-11-17(24-16(23-14)8-9-20-24)21-12-6-7-13(10-12)22-18(26)27-19(2,3)4/h8-9,11-13,21H,5-7,10H2,1-4H3,(H,22,26)/t12-,13-/m0/s1. The molecule has 1 saturated carbocycles. The lowest BCUT2D eigenvalue weighted by molar-refractivity contribution is 0.0505. The van der Waals surface area contributed by atoms with E-state index in [1.807, 2.05) is 27.7 Å². The molecule has 8 heteroatoms. The zero-order chi connectivity index (χ0) is 19.6. The first-order chi connectivity index (χ1) is 12.7. The molecule has 0 saturated heterocycles. The molecular weight excluding hydrogens is 346 g/mol. The van der Waals surface area contributed by atoms with E-state index in [2.05, 4.69) is 20.7 Å². The molecular formula is C19H27N5O3. The molecule has 1 amide bonds. The molecule has 0 radical (unpaired) electrons. The number of carbonyl (C=O) groups excluding carboxylic acids is 2. The van der Waals surface area contributed by atoms with Crippen molar-refractivity contribution in [1.29, 1.82) is 0 Å². The maximum absolute atomic E-state index is 12.1. The highest BCUT2D eigenvalue weighted by molar-refractivity contribution is 5.95. The van der Waals surface area contributed by atoms with E-state index in [1.165, 1.54) is 0 Å². The molecule has 2 heterocycles. The van der Waals surface area contributed by atoms with Crippen LogP contribution in [0.1, 0.15) is 63.9 Å². The Morgan fingerprint density at radius 3 is 2.74 bits per heavy atom. The van der Waals surface area contributed by atoms with Crippen LogP contribution in [-0.4, -0.2) is 44.2 Å². The summed E-state index contributed by atoms with van der Waals surface area (Å²) in [6.45, 7) is 7.36. The van der Waals surface area contributed by atoms with E-state index in [1.54, 1.807) is 22.8 Å². The number of carbonyl (C=O) groups is 2. The molecule has 0 unspecified atom stereocenters. The van der Waals surface area contributed by atoms with Gasteiger partial charge in [0.2, 0.25) is 0 Å². The van der Waals surface area contributed by atoms with Crippen molar-refractivity contribution in [3.63, 3.8) is 0 Å². The Bertz CT molecular complexity index is 839. The van der Waals surface area contributed by atoms with Gasteiger partial charge in [-0.2, -0.15) is 9.61 Å². The molecule has 2 N–H and O–H groups in total. The van der Waals surface area contributed by atoms with E-state index in [-0.39, 0.29) is 24.0 Å². The summed E-state index contributed by atoms with van der Waals surface area (Å²) in [5.74, 6) is 0.738. The lowest BCUT2D eigenvalue weighted by Gasteiger charge is -2.22. The number of fused-ring (bicyclic) bond motifs is 1. The molecule has 146 valence electrons. The van der Waals surface area contributed by atoms with Gasteiger partial charge in [0.1, 0.15) is 17.1 Å². The fourth-order valence-corrected chi connectivity index (χ4v) is 3.27. The minimum Gasteiger partial charge on any atom is -0.444 e. The third kappa shape index (κ3) is 4.75. The average Bonchev–Trinajstić information content (AvgIpc) is 3.21. The van der Waals surface area contributed by atoms with Gasteiger partial charge in [-0.15, -0.1) is 0 Å². The number of Topliss-reactive ketones (excluding diaryl/α,β-unsaturated/α-hetero) is 1. The molecule has 1 aliphatic carbocycles. The van der Waals surface area contributed by atoms with Crippen LogP contribution in [0.3, 0.4) is 0 Å². The highest BCUT2D eigenvalue weighted by Crippen LogP contribution is 2.24. The van der Waals surface area contributed by atoms with Gasteiger partial charge in [0.15, 0.2) is 11.4 Å². The van der Waals surface area contributed by atoms with Crippen LogP contribution >= 0.6 is 0 Å². The fraction of sp³-hybridized carbons (Fsp3) is 0.579. The first-order valence-electron chi connectivity index (χ1n) is 9.39. The first kappa shape index (κ1) is 19.1. The van der Waals surface area contributed by atoms with Crippen LogP contribution in [0, 0.1) is 0 Å². The Morgan fingerprint density at radius 1 is 1.30 bits per heavy atom. The third-order valence-electron chi connectivity index (χ3n) is 4.47. The maximum atomic E-state index is 12.1. The Morgan fingerprint density at radius 2 is 2.04 bits per heavy atom. The number of aromatic nitrogens is 3. The molecule has 3 rings (SSSR count). The van der Waals surface area contributed by atoms with E-state index >= 15 is 0 Å². The summed E-state index contributed by atoms with van der Waals surface area (Å²) in [5, 5.41) is 10.7. The monoisotopic (exact) mass is 373 g/mol. The number of anilines is 1. The van der Waals surface area contributed by atoms with Crippen molar-refractivity contribution in [2.24, 2.45) is 0 Å². The lowest BCUT2D eigenvalue weighted by Crippen LogP contribution is -2.38. The maximum Gasteiger partial charge on any atom is 0.407 e. The number of nitrogens with one attached hydrogen (secondary N) is 2. The molecule has 8 nitrogen and oxygen atoms in total. The zero-order valence-electron chi connectivity index (χ0n) is 16.3. The second kappa shape index (κ2) is 7.54. The minimum absolute atomic E-state index is 0.00218. The summed E-state index contributed by atoms with van der Waals surface area (Å²) in [6, 6.07) is 3.76. The quantitative estimate of drug-likeness (QED) is 0.781. The molecule has 0 aromatic carbocycles. The van der Waals surface area contributed by atoms with Gasteiger partial charge in [0.25, 0.3) is 0 Å². The van der Waals surface area contributed by atoms with Gasteiger partial charge >= 0.3 is 6.09 Å². The molecule has 1 aliphatic rings. The van der Waals surface area contributed by atoms with E-state index in [0.29, 0.717) is 17.8 Å². The predicted octanol–water partition coefficient (Wildman–Crippen LogP) is 3.18. The average molecular weight is 373 g/mol. The van der Waals surface area contributed by atoms with Gasteiger partial charge in [0, 0.05) is 30.6 Å². The number of alkyl carbamates (subject to hydrolysis) is 1. The molecule has 27 heavy (non-hydrogen) atoms. The summed E-state index contributed by atoms with van der Waals surface area (Å²) < 4.78 is 7.02. The van der Waals surface area contributed by atoms with Gasteiger partial charge < -0.3 is 15.4 Å². The van der Waals surface area contributed by atoms with Crippen molar-refractivity contribution in [1.82, 2.24) is 19.9 Å². The molecule has 0 aliphatic heterocycles. The number of rotatable bonds is 5. The Labute approximate surface area is 158 Å². The van der Waals surface area contributed by atoms with Gasteiger partial charge in [0.05, 0.1) is 6.20 Å². The highest BCUT2D eigenvalue weighted by atomic mass is 16.6. The largest absolute Gasteiger partial charge is 0.444 e. The van der Waals surface area contributed by atoms with E-state index in [4.69, 9.17) is 4.74 Å². The Kier molecular flexibility index (Phi) is 5.34. The summed E-state index contributed by atoms with van der Waals surface area (Å²) in [6.07, 6.45) is 4.23. The fourth-order valence-electron chi connectivity index (χ4n) is 3.27. The summed E-state index contributed by atoms with van der Waals surface area (Å²) >= 11 is 0. The van der Waals surface area contributed by atoms with Gasteiger partial charge in [-0.05, 0) is 40.0 Å². The molecule has 2 aromatic heterocycles. The van der Waals surface area contributed by atoms with E-state index in [0.717, 1.165) is 25.1 Å². The van der Waals surface area contributed by atoms with Crippen LogP contribution in [-0.2, 0) is 4.74 Å². The van der Waals surface area contributed by atoms with Gasteiger partial charge in [-0.25, -0.2) is 9.78 Å². The van der Waals surface area contributed by atoms with Crippen molar-refractivity contribution in [3.05, 3.63) is 24.0 Å². The van der Waals surface area contributed by atoms with Crippen molar-refractivity contribution in [2.75, 3.05) is 5.32 Å². The van der Waals surface area contributed by atoms with E-state index < -0.39 is 5.60 Å². The van der Waals surface area contributed by atoms with Crippen LogP contribution in [0.5, 0.6) is 0 Å². The zero-order valence-corrected chi connectivity index (χ0v) is 16.3. The number of ketones is 1. The third-order valence-corrected chi connectivity index (χ3v) is 4.47. The number of ether oxygens (including phenoxy) is 1. The van der Waals surface area contributed by atoms with Crippen molar-refractivity contribution in [3.8, 4) is 0 Å². The molecule has 0 bridgehead atoms. The van der Waals surface area contributed by atoms with Gasteiger partial charge in [-0.1, -0.05) is 6.92 Å². The van der Waals surface area contributed by atoms with Gasteiger partial charge in [-0.3, -0.25) is 4.79 Å². The molecule has 2 aromatic rings. The second-order valence-corrected chi connectivity index (χ2v) is 7.90. The van der Waals surface area contributed by atoms with Crippen LogP contribution < -0.4 is 10.6 Å². The number of amides is 1. The number of hydrogen-bond donors (Lipinski definition) is 2. The van der Waals surface area contributed by atoms with Crippen LogP contribution in [0.4, 0.5) is 10.6 Å². The minimum atomic E-state index is -0.509. The Hall–Kier alpha value is -2.64. The molecule has 0 spiro atoms. The summed E-state index contributed by atoms with van der Waals surface area (Å²) in [7, 11) is 0. The number of nitrogens with zero attached hydrogens (tertiary/aromatic N) is 3. The molecule has 1 fully saturated rings. The SMILES string of the molecule is CCC(=O)c1cc(N[C@H]2CC[C@H](NC(=O)OC(C)(C)C)C2)n2nccc2n1. The predicted molar refractivity (Wildman–Crippen MR) is 102 cm³/mol. The highest BCUT2D eigenvalue weighted by Gasteiger charge is 2.28. The van der Waals surface area contributed by atoms with E-state index in [9.17, 15) is 9.59 Å². The first-order valence-corrected chi connectivity index (χ1v) is 9.39. The van der Waals surface area contributed by atoms with Crippen molar-refractivity contribution >= 4 is 23.3 Å². The van der Waals surface area contributed by atoms with Crippen LogP contribution in [0.15, 0.2) is 18.3 Å². The van der Waals surface area contributed by atoms with Crippen molar-refractivity contribution in [2.45, 2.75) is 71.1 Å². The summed E-state index contributed by atoms with van der Waals surface area (Å²) in [5.41, 5.74) is 0.568. The normalized spacial score (nSPS) is 19.9. The summed E-state index contributed by atoms with van der Waals surface area (Å²) in [4.78, 5) is 28.4. The smallest absolute Gasteiger partial charge is 0.407 e. The van der Waals surface area contributed by atoms with Crippen LogP contribution in [0.2, 0.25) is 0 Å². The van der Waals surface area contributed by atoms with Crippen molar-refractivity contribution < 1.29 is 14.3 Å². The number of hydrogen-bond acceptors (Lipinski definition) is 6. The Balaban J connectivity index is 1.67. The van der Waals surface area contributed by atoms with Crippen LogP contribution in [0.25, 0.3) is 5.65 Å². The second-order valence-electron chi connectivity index (χ2n) is 7.90. The lowest BCUT2D eigenvalue weighted by atomic mass is 10.2.